The Kier molecular flexibility index (Phi) is 7.47. The lowest BCUT2D eigenvalue weighted by molar-refractivity contribution is 0.178. The molecular weight excluding hydrogens is 404 g/mol. The number of rotatable bonds is 10. The van der Waals surface area contributed by atoms with Gasteiger partial charge in [-0.15, -0.1) is 0 Å². The second-order valence-electron chi connectivity index (χ2n) is 8.16. The molecule has 0 saturated carbocycles. The largest absolute Gasteiger partial charge is 0.487 e. The van der Waals surface area contributed by atoms with Crippen molar-refractivity contribution in [1.29, 1.82) is 0 Å². The molecule has 1 fully saturated rings. The van der Waals surface area contributed by atoms with Crippen LogP contribution < -0.4 is 19.7 Å². The van der Waals surface area contributed by atoms with Crippen LogP contribution in [0.4, 0.5) is 5.69 Å². The number of hydrogen-bond donors (Lipinski definition) is 3. The number of nitrogens with zero attached hydrogens (tertiary/aromatic N) is 1. The Labute approximate surface area is 189 Å². The Morgan fingerprint density at radius 1 is 0.969 bits per heavy atom. The van der Waals surface area contributed by atoms with Crippen molar-refractivity contribution in [2.45, 2.75) is 25.4 Å². The van der Waals surface area contributed by atoms with Gasteiger partial charge in [-0.05, 0) is 41.8 Å². The summed E-state index contributed by atoms with van der Waals surface area (Å²) in [7, 11) is 0. The van der Waals surface area contributed by atoms with Crippen molar-refractivity contribution < 1.29 is 19.7 Å². The van der Waals surface area contributed by atoms with Crippen molar-refractivity contribution in [2.75, 3.05) is 44.4 Å². The molecule has 6 heteroatoms. The molecule has 1 aliphatic rings. The summed E-state index contributed by atoms with van der Waals surface area (Å²) in [6, 6.07) is 21.5. The van der Waals surface area contributed by atoms with Gasteiger partial charge in [-0.25, -0.2) is 0 Å². The maximum atomic E-state index is 9.13. The molecular formula is C26H32N2O4. The van der Waals surface area contributed by atoms with E-state index < -0.39 is 0 Å². The molecule has 2 atom stereocenters. The molecule has 3 N–H and O–H groups in total. The van der Waals surface area contributed by atoms with Crippen molar-refractivity contribution >= 4 is 16.5 Å². The minimum Gasteiger partial charge on any atom is -0.487 e. The van der Waals surface area contributed by atoms with E-state index in [4.69, 9.17) is 19.7 Å². The summed E-state index contributed by atoms with van der Waals surface area (Å²) in [5, 5.41) is 24.6. The van der Waals surface area contributed by atoms with Crippen LogP contribution in [0.25, 0.3) is 10.8 Å². The summed E-state index contributed by atoms with van der Waals surface area (Å²) < 4.78 is 11.2. The number of fused-ring (bicyclic) bond motifs is 1. The maximum absolute atomic E-state index is 9.13. The highest BCUT2D eigenvalue weighted by molar-refractivity contribution is 5.86. The second-order valence-corrected chi connectivity index (χ2v) is 8.16. The molecule has 0 aliphatic carbocycles. The topological polar surface area (TPSA) is 74.2 Å². The third-order valence-electron chi connectivity index (χ3n) is 5.95. The van der Waals surface area contributed by atoms with E-state index in [9.17, 15) is 0 Å². The number of benzene rings is 3. The molecule has 0 radical (unpaired) electrons. The second kappa shape index (κ2) is 10.7. The number of aliphatic hydroxyl groups is 2. The van der Waals surface area contributed by atoms with E-state index in [1.807, 2.05) is 18.2 Å². The van der Waals surface area contributed by atoms with Crippen LogP contribution in [-0.4, -0.2) is 55.8 Å². The predicted octanol–water partition coefficient (Wildman–Crippen LogP) is 3.51. The van der Waals surface area contributed by atoms with Crippen LogP contribution in [0.15, 0.2) is 60.7 Å². The monoisotopic (exact) mass is 436 g/mol. The van der Waals surface area contributed by atoms with Gasteiger partial charge in [0.05, 0.1) is 13.2 Å². The first-order valence-electron chi connectivity index (χ1n) is 11.3. The van der Waals surface area contributed by atoms with Gasteiger partial charge in [-0.2, -0.15) is 0 Å². The van der Waals surface area contributed by atoms with Crippen molar-refractivity contribution in [3.63, 3.8) is 0 Å². The first-order valence-corrected chi connectivity index (χ1v) is 11.3. The molecule has 1 saturated heterocycles. The van der Waals surface area contributed by atoms with Crippen LogP contribution >= 0.6 is 0 Å². The highest BCUT2D eigenvalue weighted by Crippen LogP contribution is 2.34. The Balaban J connectivity index is 1.43. The van der Waals surface area contributed by atoms with E-state index in [0.717, 1.165) is 25.2 Å². The van der Waals surface area contributed by atoms with Gasteiger partial charge in [0.25, 0.3) is 0 Å². The molecule has 6 nitrogen and oxygen atoms in total. The molecule has 0 amide bonds. The summed E-state index contributed by atoms with van der Waals surface area (Å²) in [4.78, 5) is 2.34. The van der Waals surface area contributed by atoms with Crippen LogP contribution in [0.5, 0.6) is 11.5 Å². The highest BCUT2D eigenvalue weighted by Gasteiger charge is 2.25. The van der Waals surface area contributed by atoms with Gasteiger partial charge in [0.2, 0.25) is 0 Å². The van der Waals surface area contributed by atoms with Gasteiger partial charge in [0.15, 0.2) is 11.5 Å². The third kappa shape index (κ3) is 5.15. The summed E-state index contributed by atoms with van der Waals surface area (Å²) >= 11 is 0. The molecule has 0 aromatic heterocycles. The minimum atomic E-state index is -0.0641. The molecule has 32 heavy (non-hydrogen) atoms. The first-order chi connectivity index (χ1) is 15.7. The van der Waals surface area contributed by atoms with E-state index in [1.165, 1.54) is 16.3 Å². The van der Waals surface area contributed by atoms with Gasteiger partial charge in [0.1, 0.15) is 13.2 Å². The first kappa shape index (κ1) is 22.4. The van der Waals surface area contributed by atoms with Crippen LogP contribution in [0.3, 0.4) is 0 Å². The zero-order valence-corrected chi connectivity index (χ0v) is 18.5. The molecule has 0 bridgehead atoms. The van der Waals surface area contributed by atoms with E-state index >= 15 is 0 Å². The lowest BCUT2D eigenvalue weighted by atomic mass is 9.99. The lowest BCUT2D eigenvalue weighted by Crippen LogP contribution is -2.34. The van der Waals surface area contributed by atoms with E-state index in [-0.39, 0.29) is 32.5 Å². The zero-order chi connectivity index (χ0) is 22.3. The lowest BCUT2D eigenvalue weighted by Gasteiger charge is -2.23. The molecule has 4 rings (SSSR count). The summed E-state index contributed by atoms with van der Waals surface area (Å²) in [5.41, 5.74) is 2.39. The van der Waals surface area contributed by atoms with Gasteiger partial charge in [0, 0.05) is 36.9 Å². The molecule has 0 spiro atoms. The standard InChI is InChI=1S/C26H32N2O4/c1-19(23-8-4-6-20-5-2-3-7-24(20)23)27-21-11-12-28(18-21)22-9-10-25(31-15-13-29)26(17-22)32-16-14-30/h2-10,17,19,21,27,29-30H,11-16,18H2,1H3/t19-,21+/m1/s1. The SMILES string of the molecule is C[C@@H](N[C@H]1CCN(c2ccc(OCCO)c(OCCO)c2)C1)c1cccc2ccccc12. The Morgan fingerprint density at radius 2 is 1.72 bits per heavy atom. The fourth-order valence-corrected chi connectivity index (χ4v) is 4.44. The molecule has 1 aliphatic heterocycles. The average molecular weight is 437 g/mol. The summed E-state index contributed by atoms with van der Waals surface area (Å²) in [6.45, 7) is 4.38. The van der Waals surface area contributed by atoms with E-state index in [2.05, 4.69) is 59.6 Å². The molecule has 3 aromatic carbocycles. The van der Waals surface area contributed by atoms with Crippen LogP contribution in [0.1, 0.15) is 24.9 Å². The number of nitrogens with one attached hydrogen (secondary N) is 1. The molecule has 3 aromatic rings. The Bertz CT molecular complexity index is 1020. The minimum absolute atomic E-state index is 0.0600. The van der Waals surface area contributed by atoms with Crippen LogP contribution in [0.2, 0.25) is 0 Å². The Morgan fingerprint density at radius 3 is 2.53 bits per heavy atom. The van der Waals surface area contributed by atoms with E-state index in [0.29, 0.717) is 17.5 Å². The predicted molar refractivity (Wildman–Crippen MR) is 128 cm³/mol. The van der Waals surface area contributed by atoms with Crippen molar-refractivity contribution in [3.8, 4) is 11.5 Å². The number of aliphatic hydroxyl groups excluding tert-OH is 2. The van der Waals surface area contributed by atoms with Gasteiger partial charge >= 0.3 is 0 Å². The summed E-state index contributed by atoms with van der Waals surface area (Å²) in [5.74, 6) is 1.17. The van der Waals surface area contributed by atoms with Gasteiger partial charge < -0.3 is 29.9 Å². The zero-order valence-electron chi connectivity index (χ0n) is 18.5. The van der Waals surface area contributed by atoms with Crippen molar-refractivity contribution in [3.05, 3.63) is 66.2 Å². The van der Waals surface area contributed by atoms with Gasteiger partial charge in [-0.3, -0.25) is 0 Å². The highest BCUT2D eigenvalue weighted by atomic mass is 16.5. The van der Waals surface area contributed by atoms with E-state index in [1.54, 1.807) is 0 Å². The van der Waals surface area contributed by atoms with Crippen molar-refractivity contribution in [1.82, 2.24) is 5.32 Å². The quantitative estimate of drug-likeness (QED) is 0.452. The fourth-order valence-electron chi connectivity index (χ4n) is 4.44. The maximum Gasteiger partial charge on any atom is 0.163 e. The normalized spacial score (nSPS) is 17.0. The number of anilines is 1. The van der Waals surface area contributed by atoms with Crippen LogP contribution in [0, 0.1) is 0 Å². The number of ether oxygens (including phenoxy) is 2. The molecule has 170 valence electrons. The van der Waals surface area contributed by atoms with Crippen LogP contribution in [-0.2, 0) is 0 Å². The average Bonchev–Trinajstić information content (AvgIpc) is 3.29. The Hall–Kier alpha value is -2.80. The molecule has 0 unspecified atom stereocenters. The van der Waals surface area contributed by atoms with Crippen molar-refractivity contribution in [2.24, 2.45) is 0 Å². The van der Waals surface area contributed by atoms with Gasteiger partial charge in [-0.1, -0.05) is 42.5 Å². The number of hydrogen-bond acceptors (Lipinski definition) is 6. The molecule has 1 heterocycles. The summed E-state index contributed by atoms with van der Waals surface area (Å²) in [6.07, 6.45) is 1.06. The smallest absolute Gasteiger partial charge is 0.163 e. The fraction of sp³-hybridized carbons (Fsp3) is 0.385. The third-order valence-corrected chi connectivity index (χ3v) is 5.95.